The number of carbonyl (C=O) groups excluding carboxylic acids is 2. The molecule has 2 aliphatic carbocycles. The first-order chi connectivity index (χ1) is 11.1. The van der Waals surface area contributed by atoms with E-state index in [-0.39, 0.29) is 23.7 Å². The number of likely N-dealkylation sites (tertiary alicyclic amines) is 1. The predicted octanol–water partition coefficient (Wildman–Crippen LogP) is 2.88. The molecule has 23 heavy (non-hydrogen) atoms. The number of hydrogen-bond donors (Lipinski definition) is 0. The van der Waals surface area contributed by atoms with Crippen molar-refractivity contribution in [2.24, 2.45) is 5.92 Å². The third-order valence-electron chi connectivity index (χ3n) is 5.78. The minimum atomic E-state index is -0.926. The molecule has 1 aromatic carbocycles. The van der Waals surface area contributed by atoms with Crippen molar-refractivity contribution in [3.05, 3.63) is 35.9 Å². The lowest BCUT2D eigenvalue weighted by molar-refractivity contribution is -0.160. The number of amides is 1. The van der Waals surface area contributed by atoms with Gasteiger partial charge in [-0.05, 0) is 18.4 Å². The Kier molecular flexibility index (Phi) is 3.43. The van der Waals surface area contributed by atoms with Crippen LogP contribution < -0.4 is 0 Å². The van der Waals surface area contributed by atoms with Gasteiger partial charge in [-0.2, -0.15) is 0 Å². The molecule has 0 aromatic heterocycles. The Hall–Kier alpha value is -1.84. The number of nitrogens with zero attached hydrogens (tertiary/aromatic N) is 1. The van der Waals surface area contributed by atoms with Gasteiger partial charge in [0.2, 0.25) is 5.60 Å². The Morgan fingerprint density at radius 3 is 2.52 bits per heavy atom. The average molecular weight is 313 g/mol. The van der Waals surface area contributed by atoms with E-state index in [0.717, 1.165) is 24.9 Å². The van der Waals surface area contributed by atoms with Crippen molar-refractivity contribution >= 4 is 11.9 Å². The van der Waals surface area contributed by atoms with Crippen LogP contribution in [0.3, 0.4) is 0 Å². The van der Waals surface area contributed by atoms with Crippen LogP contribution in [-0.2, 0) is 14.3 Å². The fraction of sp³-hybridized carbons (Fsp3) is 0.579. The van der Waals surface area contributed by atoms with Crippen molar-refractivity contribution in [2.45, 2.75) is 56.6 Å². The lowest BCUT2D eigenvalue weighted by Gasteiger charge is -2.33. The third kappa shape index (κ3) is 2.19. The Balaban J connectivity index is 1.61. The van der Waals surface area contributed by atoms with E-state index in [4.69, 9.17) is 4.74 Å². The zero-order chi connectivity index (χ0) is 16.0. The van der Waals surface area contributed by atoms with E-state index in [2.05, 4.69) is 0 Å². The highest BCUT2D eigenvalue weighted by molar-refractivity contribution is 5.96. The first-order valence-electron chi connectivity index (χ1n) is 8.70. The molecule has 0 unspecified atom stereocenters. The molecule has 0 N–H and O–H groups in total. The van der Waals surface area contributed by atoms with E-state index in [1.54, 1.807) is 0 Å². The van der Waals surface area contributed by atoms with Crippen LogP contribution >= 0.6 is 0 Å². The number of fused-ring (bicyclic) bond motifs is 1. The highest BCUT2D eigenvalue weighted by atomic mass is 16.6. The number of esters is 1. The summed E-state index contributed by atoms with van der Waals surface area (Å²) in [5.74, 6) is -0.172. The molecule has 3 aliphatic rings. The van der Waals surface area contributed by atoms with Gasteiger partial charge in [0.25, 0.3) is 5.91 Å². The van der Waals surface area contributed by atoms with E-state index >= 15 is 0 Å². The molecule has 4 heteroatoms. The number of carbonyl (C=O) groups is 2. The van der Waals surface area contributed by atoms with Crippen LogP contribution in [0.5, 0.6) is 0 Å². The summed E-state index contributed by atoms with van der Waals surface area (Å²) in [7, 11) is 0. The molecule has 0 bridgehead atoms. The van der Waals surface area contributed by atoms with E-state index in [9.17, 15) is 9.59 Å². The molecule has 0 radical (unpaired) electrons. The maximum Gasteiger partial charge on any atom is 0.303 e. The van der Waals surface area contributed by atoms with E-state index < -0.39 is 5.60 Å². The number of ether oxygens (including phenoxy) is 1. The molecule has 1 saturated heterocycles. The standard InChI is InChI=1S/C19H23NO3/c1-13(21)23-19-16(17(19)14-8-4-2-5-9-14)12-20(18(19)22)15-10-6-3-7-11-15/h2,4-5,8-9,15-17H,3,6-7,10-12H2,1H3/t16-,17+,19-/m1/s1. The first-order valence-corrected chi connectivity index (χ1v) is 8.70. The Labute approximate surface area is 136 Å². The van der Waals surface area contributed by atoms with Crippen molar-refractivity contribution < 1.29 is 14.3 Å². The predicted molar refractivity (Wildman–Crippen MR) is 85.8 cm³/mol. The first kappa shape index (κ1) is 14.7. The molecular formula is C19H23NO3. The zero-order valence-corrected chi connectivity index (χ0v) is 13.5. The molecule has 3 atom stereocenters. The summed E-state index contributed by atoms with van der Waals surface area (Å²) in [5.41, 5.74) is 0.181. The second-order valence-electron chi connectivity index (χ2n) is 7.13. The van der Waals surface area contributed by atoms with Gasteiger partial charge in [-0.3, -0.25) is 9.59 Å². The van der Waals surface area contributed by atoms with Crippen LogP contribution in [0.2, 0.25) is 0 Å². The summed E-state index contributed by atoms with van der Waals surface area (Å²) >= 11 is 0. The highest BCUT2D eigenvalue weighted by Gasteiger charge is 2.78. The molecule has 1 heterocycles. The molecule has 4 nitrogen and oxygen atoms in total. The molecule has 3 fully saturated rings. The summed E-state index contributed by atoms with van der Waals surface area (Å²) in [4.78, 5) is 26.8. The van der Waals surface area contributed by atoms with Crippen LogP contribution in [0.25, 0.3) is 0 Å². The van der Waals surface area contributed by atoms with Crippen molar-refractivity contribution in [3.63, 3.8) is 0 Å². The van der Waals surface area contributed by atoms with Gasteiger partial charge in [-0.25, -0.2) is 0 Å². The molecule has 1 amide bonds. The van der Waals surface area contributed by atoms with Gasteiger partial charge in [0.05, 0.1) is 0 Å². The van der Waals surface area contributed by atoms with Crippen LogP contribution in [0.4, 0.5) is 0 Å². The minimum absolute atomic E-state index is 0.0277. The quantitative estimate of drug-likeness (QED) is 0.806. The Morgan fingerprint density at radius 1 is 1.17 bits per heavy atom. The summed E-state index contributed by atoms with van der Waals surface area (Å²) in [6.45, 7) is 2.14. The summed E-state index contributed by atoms with van der Waals surface area (Å²) in [5, 5.41) is 0. The number of piperidine rings is 1. The van der Waals surface area contributed by atoms with Crippen molar-refractivity contribution in [1.29, 1.82) is 0 Å². The topological polar surface area (TPSA) is 46.6 Å². The van der Waals surface area contributed by atoms with E-state index in [0.29, 0.717) is 6.04 Å². The van der Waals surface area contributed by atoms with Crippen molar-refractivity contribution in [3.8, 4) is 0 Å². The van der Waals surface area contributed by atoms with E-state index in [1.165, 1.54) is 26.2 Å². The van der Waals surface area contributed by atoms with Crippen molar-refractivity contribution in [1.82, 2.24) is 4.90 Å². The maximum atomic E-state index is 13.1. The molecule has 1 aliphatic heterocycles. The molecule has 0 spiro atoms. The Morgan fingerprint density at radius 2 is 1.87 bits per heavy atom. The van der Waals surface area contributed by atoms with Gasteiger partial charge in [-0.1, -0.05) is 49.6 Å². The van der Waals surface area contributed by atoms with E-state index in [1.807, 2.05) is 35.2 Å². The fourth-order valence-electron chi connectivity index (χ4n) is 4.75. The molecule has 4 rings (SSSR count). The van der Waals surface area contributed by atoms with Gasteiger partial charge in [-0.15, -0.1) is 0 Å². The van der Waals surface area contributed by atoms with Gasteiger partial charge in [0.1, 0.15) is 0 Å². The van der Waals surface area contributed by atoms with Gasteiger partial charge >= 0.3 is 5.97 Å². The molecule has 2 saturated carbocycles. The fourth-order valence-corrected chi connectivity index (χ4v) is 4.75. The summed E-state index contributed by atoms with van der Waals surface area (Å²) in [6.07, 6.45) is 5.84. The van der Waals surface area contributed by atoms with Gasteiger partial charge < -0.3 is 9.64 Å². The lowest BCUT2D eigenvalue weighted by atomic mass is 9.93. The van der Waals surface area contributed by atoms with Gasteiger partial charge in [0, 0.05) is 31.3 Å². The van der Waals surface area contributed by atoms with Crippen molar-refractivity contribution in [2.75, 3.05) is 6.54 Å². The van der Waals surface area contributed by atoms with Crippen LogP contribution in [0.1, 0.15) is 50.5 Å². The maximum absolute atomic E-state index is 13.1. The summed E-state index contributed by atoms with van der Waals surface area (Å²) in [6, 6.07) is 10.3. The largest absolute Gasteiger partial charge is 0.448 e. The smallest absolute Gasteiger partial charge is 0.303 e. The van der Waals surface area contributed by atoms with Crippen LogP contribution in [0, 0.1) is 5.92 Å². The minimum Gasteiger partial charge on any atom is -0.448 e. The molecular weight excluding hydrogens is 290 g/mol. The zero-order valence-electron chi connectivity index (χ0n) is 13.5. The monoisotopic (exact) mass is 313 g/mol. The molecule has 122 valence electrons. The number of hydrogen-bond acceptors (Lipinski definition) is 3. The van der Waals surface area contributed by atoms with Crippen LogP contribution in [-0.4, -0.2) is 35.0 Å². The normalized spacial score (nSPS) is 33.4. The SMILES string of the molecule is CC(=O)O[C@]12C(=O)N(C3CCCCC3)C[C@@H]1[C@@H]2c1ccccc1. The number of benzene rings is 1. The number of rotatable bonds is 3. The highest BCUT2D eigenvalue weighted by Crippen LogP contribution is 2.65. The summed E-state index contributed by atoms with van der Waals surface area (Å²) < 4.78 is 5.64. The van der Waals surface area contributed by atoms with Gasteiger partial charge in [0.15, 0.2) is 0 Å². The molecule has 1 aromatic rings. The second-order valence-corrected chi connectivity index (χ2v) is 7.13. The average Bonchev–Trinajstić information content (AvgIpc) is 3.11. The second kappa shape index (κ2) is 5.36. The lowest BCUT2D eigenvalue weighted by Crippen LogP contribution is -2.45. The van der Waals surface area contributed by atoms with Crippen LogP contribution in [0.15, 0.2) is 30.3 Å². The Bertz CT molecular complexity index is 623. The third-order valence-corrected chi connectivity index (χ3v) is 5.78.